The summed E-state index contributed by atoms with van der Waals surface area (Å²) >= 11 is 0. The Morgan fingerprint density at radius 3 is 2.50 bits per heavy atom. The van der Waals surface area contributed by atoms with E-state index >= 15 is 0 Å². The molecule has 156 valence electrons. The summed E-state index contributed by atoms with van der Waals surface area (Å²) in [5.74, 6) is -0.166. The van der Waals surface area contributed by atoms with Gasteiger partial charge in [-0.1, -0.05) is 42.5 Å². The van der Waals surface area contributed by atoms with Crippen molar-refractivity contribution in [2.75, 3.05) is 13.7 Å². The number of ether oxygens (including phenoxy) is 3. The molecule has 2 atom stereocenters. The van der Waals surface area contributed by atoms with Crippen LogP contribution in [-0.2, 0) is 32.2 Å². The van der Waals surface area contributed by atoms with Crippen molar-refractivity contribution in [2.45, 2.75) is 31.4 Å². The fourth-order valence-electron chi connectivity index (χ4n) is 3.56. The van der Waals surface area contributed by atoms with Crippen molar-refractivity contribution in [1.82, 2.24) is 10.2 Å². The molecule has 2 heterocycles. The quantitative estimate of drug-likeness (QED) is 0.702. The Labute approximate surface area is 173 Å². The number of hydrogen-bond donors (Lipinski definition) is 1. The zero-order valence-electron chi connectivity index (χ0n) is 16.5. The van der Waals surface area contributed by atoms with E-state index in [1.807, 2.05) is 30.3 Å². The minimum atomic E-state index is -1.65. The number of ketones is 1. The maximum absolute atomic E-state index is 13.0. The second-order valence-electron chi connectivity index (χ2n) is 7.25. The predicted octanol–water partition coefficient (Wildman–Crippen LogP) is 2.02. The average Bonchev–Trinajstić information content (AvgIpc) is 3.19. The van der Waals surface area contributed by atoms with Gasteiger partial charge in [0, 0.05) is 0 Å². The van der Waals surface area contributed by atoms with Gasteiger partial charge < -0.3 is 19.5 Å². The molecule has 0 saturated carbocycles. The van der Waals surface area contributed by atoms with Gasteiger partial charge in [0.1, 0.15) is 11.9 Å². The smallest absolute Gasteiger partial charge is 0.327 e. The van der Waals surface area contributed by atoms with E-state index in [9.17, 15) is 14.4 Å². The number of Topliss-reactive ketones (excluding diaryl/α,β-unsaturated/α-hetero) is 1. The van der Waals surface area contributed by atoms with Gasteiger partial charge in [-0.25, -0.2) is 4.79 Å². The minimum Gasteiger partial charge on any atom is -0.497 e. The summed E-state index contributed by atoms with van der Waals surface area (Å²) in [4.78, 5) is 38.9. The summed E-state index contributed by atoms with van der Waals surface area (Å²) < 4.78 is 16.4. The van der Waals surface area contributed by atoms with Crippen LogP contribution in [0.3, 0.4) is 0 Å². The van der Waals surface area contributed by atoms with Crippen LogP contribution in [0.1, 0.15) is 17.5 Å². The maximum Gasteiger partial charge on any atom is 0.327 e. The van der Waals surface area contributed by atoms with Crippen LogP contribution in [-0.4, -0.2) is 48.2 Å². The lowest BCUT2D eigenvalue weighted by molar-refractivity contribution is -0.153. The predicted molar refractivity (Wildman–Crippen MR) is 105 cm³/mol. The van der Waals surface area contributed by atoms with Gasteiger partial charge in [-0.3, -0.25) is 14.5 Å². The third kappa shape index (κ3) is 3.92. The highest BCUT2D eigenvalue weighted by molar-refractivity contribution is 6.09. The third-order valence-electron chi connectivity index (χ3n) is 5.15. The number of methoxy groups -OCH3 is 1. The Morgan fingerprint density at radius 2 is 1.80 bits per heavy atom. The molecule has 1 spiro atoms. The zero-order chi connectivity index (χ0) is 21.1. The highest BCUT2D eigenvalue weighted by Crippen LogP contribution is 2.33. The Bertz CT molecular complexity index is 946. The summed E-state index contributed by atoms with van der Waals surface area (Å²) in [6.07, 6.45) is -1.12. The second kappa shape index (κ2) is 8.25. The van der Waals surface area contributed by atoms with Gasteiger partial charge in [0.05, 0.1) is 33.3 Å². The molecule has 4 rings (SSSR count). The molecule has 2 aromatic rings. The average molecular weight is 410 g/mol. The van der Waals surface area contributed by atoms with Crippen LogP contribution in [0.4, 0.5) is 4.79 Å². The number of nitrogens with one attached hydrogen (secondary N) is 1. The number of imide groups is 1. The SMILES string of the molecule is COc1ccc(CN2C(=O)N[C@@]3(CC(=O)[C@@H](COCc4ccccc4)O3)C2=O)cc1. The first-order valence-electron chi connectivity index (χ1n) is 9.60. The first kappa shape index (κ1) is 20.1. The number of urea groups is 1. The Balaban J connectivity index is 1.38. The topological polar surface area (TPSA) is 94.2 Å². The number of carbonyl (C=O) groups is 3. The van der Waals surface area contributed by atoms with E-state index in [-0.39, 0.29) is 25.4 Å². The summed E-state index contributed by atoms with van der Waals surface area (Å²) in [5.41, 5.74) is 0.0681. The van der Waals surface area contributed by atoms with Crippen molar-refractivity contribution in [3.63, 3.8) is 0 Å². The first-order chi connectivity index (χ1) is 14.5. The third-order valence-corrected chi connectivity index (χ3v) is 5.15. The van der Waals surface area contributed by atoms with Crippen molar-refractivity contribution >= 4 is 17.7 Å². The Kier molecular flexibility index (Phi) is 5.52. The fourth-order valence-corrected chi connectivity index (χ4v) is 3.56. The molecule has 2 aromatic carbocycles. The van der Waals surface area contributed by atoms with E-state index in [4.69, 9.17) is 14.2 Å². The van der Waals surface area contributed by atoms with Crippen molar-refractivity contribution in [1.29, 1.82) is 0 Å². The number of rotatable bonds is 7. The van der Waals surface area contributed by atoms with Crippen LogP contribution < -0.4 is 10.1 Å². The molecule has 2 aliphatic heterocycles. The van der Waals surface area contributed by atoms with Gasteiger partial charge in [0.15, 0.2) is 5.78 Å². The number of amides is 3. The molecule has 8 nitrogen and oxygen atoms in total. The van der Waals surface area contributed by atoms with E-state index in [1.54, 1.807) is 31.4 Å². The lowest BCUT2D eigenvalue weighted by Crippen LogP contribution is -2.47. The summed E-state index contributed by atoms with van der Waals surface area (Å²) in [6.45, 7) is 0.408. The Morgan fingerprint density at radius 1 is 1.07 bits per heavy atom. The molecule has 1 N–H and O–H groups in total. The van der Waals surface area contributed by atoms with Crippen LogP contribution in [0.15, 0.2) is 54.6 Å². The molecule has 0 aliphatic carbocycles. The van der Waals surface area contributed by atoms with E-state index in [0.29, 0.717) is 12.4 Å². The van der Waals surface area contributed by atoms with E-state index in [2.05, 4.69) is 5.32 Å². The van der Waals surface area contributed by atoms with Crippen LogP contribution in [0.25, 0.3) is 0 Å². The molecule has 0 aromatic heterocycles. The zero-order valence-corrected chi connectivity index (χ0v) is 16.5. The maximum atomic E-state index is 13.0. The fraction of sp³-hybridized carbons (Fsp3) is 0.318. The highest BCUT2D eigenvalue weighted by atomic mass is 16.6. The standard InChI is InChI=1S/C22H22N2O6/c1-28-17-9-7-15(8-10-17)12-24-20(26)22(23-21(24)27)11-18(25)19(30-22)14-29-13-16-5-3-2-4-6-16/h2-10,19H,11-14H2,1H3,(H,23,27)/t19-,22-/m1/s1. The summed E-state index contributed by atoms with van der Waals surface area (Å²) in [7, 11) is 1.56. The van der Waals surface area contributed by atoms with Crippen molar-refractivity contribution in [3.8, 4) is 5.75 Å². The van der Waals surface area contributed by atoms with Gasteiger partial charge in [0.2, 0.25) is 5.72 Å². The normalized spacial score (nSPS) is 23.3. The molecular weight excluding hydrogens is 388 g/mol. The van der Waals surface area contributed by atoms with Gasteiger partial charge in [0.25, 0.3) is 5.91 Å². The minimum absolute atomic E-state index is 0.0110. The van der Waals surface area contributed by atoms with Crippen molar-refractivity contribution in [2.24, 2.45) is 0 Å². The van der Waals surface area contributed by atoms with Gasteiger partial charge >= 0.3 is 6.03 Å². The number of hydrogen-bond acceptors (Lipinski definition) is 6. The number of carbonyl (C=O) groups excluding carboxylic acids is 3. The lowest BCUT2D eigenvalue weighted by atomic mass is 10.1. The molecule has 30 heavy (non-hydrogen) atoms. The van der Waals surface area contributed by atoms with Crippen molar-refractivity contribution < 1.29 is 28.6 Å². The van der Waals surface area contributed by atoms with Crippen molar-refractivity contribution in [3.05, 3.63) is 65.7 Å². The van der Waals surface area contributed by atoms with Gasteiger partial charge in [-0.05, 0) is 23.3 Å². The molecule has 2 saturated heterocycles. The molecule has 0 radical (unpaired) electrons. The molecule has 3 amide bonds. The van der Waals surface area contributed by atoms with Crippen LogP contribution in [0.5, 0.6) is 5.75 Å². The number of benzene rings is 2. The highest BCUT2D eigenvalue weighted by Gasteiger charge is 2.59. The monoisotopic (exact) mass is 410 g/mol. The van der Waals surface area contributed by atoms with Crippen LogP contribution in [0, 0.1) is 0 Å². The molecule has 0 bridgehead atoms. The Hall–Kier alpha value is -3.23. The lowest BCUT2D eigenvalue weighted by Gasteiger charge is -2.20. The van der Waals surface area contributed by atoms with E-state index in [0.717, 1.165) is 16.0 Å². The molecule has 8 heteroatoms. The molecule has 0 unspecified atom stereocenters. The van der Waals surface area contributed by atoms with E-state index in [1.165, 1.54) is 0 Å². The summed E-state index contributed by atoms with van der Waals surface area (Å²) in [6, 6.07) is 16.0. The van der Waals surface area contributed by atoms with Crippen LogP contribution in [0.2, 0.25) is 0 Å². The largest absolute Gasteiger partial charge is 0.497 e. The number of nitrogens with zero attached hydrogens (tertiary/aromatic N) is 1. The van der Waals surface area contributed by atoms with E-state index < -0.39 is 23.8 Å². The second-order valence-corrected chi connectivity index (χ2v) is 7.25. The summed E-state index contributed by atoms with van der Waals surface area (Å²) in [5, 5.41) is 2.55. The molecular formula is C22H22N2O6. The van der Waals surface area contributed by atoms with Crippen LogP contribution >= 0.6 is 0 Å². The first-order valence-corrected chi connectivity index (χ1v) is 9.60. The molecule has 2 aliphatic rings. The van der Waals surface area contributed by atoms with Gasteiger partial charge in [-0.15, -0.1) is 0 Å². The van der Waals surface area contributed by atoms with Gasteiger partial charge in [-0.2, -0.15) is 0 Å². The molecule has 2 fully saturated rings.